The Kier molecular flexibility index (Phi) is 4.88. The molecule has 2 unspecified atom stereocenters. The molecule has 2 aromatic heterocycles. The third kappa shape index (κ3) is 3.42. The molecule has 0 saturated heterocycles. The van der Waals surface area contributed by atoms with Crippen molar-refractivity contribution in [2.24, 2.45) is 5.92 Å². The van der Waals surface area contributed by atoms with Gasteiger partial charge in [-0.25, -0.2) is 0 Å². The molecule has 26 heavy (non-hydrogen) atoms. The second-order valence-corrected chi connectivity index (χ2v) is 6.36. The van der Waals surface area contributed by atoms with Crippen molar-refractivity contribution >= 4 is 11.4 Å². The third-order valence-electron chi connectivity index (χ3n) is 4.68. The number of hydrogen-bond donors (Lipinski definition) is 0. The Morgan fingerprint density at radius 2 is 1.58 bits per heavy atom. The molecule has 0 spiro atoms. The van der Waals surface area contributed by atoms with Gasteiger partial charge in [-0.15, -0.1) is 0 Å². The van der Waals surface area contributed by atoms with Crippen molar-refractivity contribution < 1.29 is 0 Å². The average molecular weight is 339 g/mol. The van der Waals surface area contributed by atoms with Gasteiger partial charge in [-0.2, -0.15) is 0 Å². The zero-order chi connectivity index (χ0) is 17.6. The minimum Gasteiger partial charge on any atom is -0.332 e. The van der Waals surface area contributed by atoms with Gasteiger partial charge in [-0.3, -0.25) is 9.97 Å². The molecule has 0 radical (unpaired) electrons. The summed E-state index contributed by atoms with van der Waals surface area (Å²) in [5.41, 5.74) is 3.43. The summed E-state index contributed by atoms with van der Waals surface area (Å²) < 4.78 is 0. The normalized spacial score (nSPS) is 17.0. The van der Waals surface area contributed by atoms with E-state index in [0.717, 1.165) is 17.8 Å². The van der Waals surface area contributed by atoms with Crippen LogP contribution in [0.5, 0.6) is 0 Å². The van der Waals surface area contributed by atoms with Crippen LogP contribution in [0.15, 0.2) is 104 Å². The summed E-state index contributed by atoms with van der Waals surface area (Å²) in [6, 6.07) is 18.9. The molecule has 1 aromatic carbocycles. The van der Waals surface area contributed by atoms with Crippen molar-refractivity contribution in [1.82, 2.24) is 9.97 Å². The van der Waals surface area contributed by atoms with Crippen LogP contribution < -0.4 is 4.90 Å². The summed E-state index contributed by atoms with van der Waals surface area (Å²) in [6.07, 6.45) is 17.3. The van der Waals surface area contributed by atoms with Crippen molar-refractivity contribution in [3.8, 4) is 0 Å². The van der Waals surface area contributed by atoms with E-state index >= 15 is 0 Å². The van der Waals surface area contributed by atoms with Crippen LogP contribution in [-0.4, -0.2) is 9.97 Å². The minimum atomic E-state index is 0.136. The molecule has 0 aliphatic heterocycles. The van der Waals surface area contributed by atoms with Crippen LogP contribution in [0.25, 0.3) is 0 Å². The van der Waals surface area contributed by atoms with Crippen LogP contribution in [0.1, 0.15) is 18.0 Å². The van der Waals surface area contributed by atoms with E-state index in [9.17, 15) is 0 Å². The van der Waals surface area contributed by atoms with Crippen molar-refractivity contribution in [2.45, 2.75) is 12.5 Å². The third-order valence-corrected chi connectivity index (χ3v) is 4.68. The molecule has 0 fully saturated rings. The lowest BCUT2D eigenvalue weighted by Crippen LogP contribution is -2.30. The predicted molar refractivity (Wildman–Crippen MR) is 106 cm³/mol. The van der Waals surface area contributed by atoms with Gasteiger partial charge in [0, 0.05) is 30.2 Å². The summed E-state index contributed by atoms with van der Waals surface area (Å²) in [5, 5.41) is 0. The molecule has 0 amide bonds. The van der Waals surface area contributed by atoms with Gasteiger partial charge in [-0.05, 0) is 42.3 Å². The number of anilines is 2. The van der Waals surface area contributed by atoms with Crippen molar-refractivity contribution in [3.63, 3.8) is 0 Å². The molecular weight excluding hydrogens is 318 g/mol. The number of rotatable bonds is 5. The summed E-state index contributed by atoms with van der Waals surface area (Å²) in [7, 11) is 0. The van der Waals surface area contributed by atoms with Crippen LogP contribution in [-0.2, 0) is 0 Å². The standard InChI is InChI=1S/C23H21N3/c1-3-9-19(10-4-1)23(20-11-7-15-24-17-20)26(21-12-5-2-6-13-21)22-14-8-16-25-18-22/h1-9,11-19,23H,10H2. The first kappa shape index (κ1) is 16.3. The Labute approximate surface area is 154 Å². The first-order valence-corrected chi connectivity index (χ1v) is 8.91. The van der Waals surface area contributed by atoms with Crippen molar-refractivity contribution in [3.05, 3.63) is 109 Å². The molecule has 0 saturated carbocycles. The van der Waals surface area contributed by atoms with Gasteiger partial charge in [-0.1, -0.05) is 48.6 Å². The largest absolute Gasteiger partial charge is 0.332 e. The zero-order valence-electron chi connectivity index (χ0n) is 14.5. The fourth-order valence-corrected chi connectivity index (χ4v) is 3.53. The second kappa shape index (κ2) is 7.79. The fraction of sp³-hybridized carbons (Fsp3) is 0.130. The molecule has 3 heteroatoms. The minimum absolute atomic E-state index is 0.136. The highest BCUT2D eigenvalue weighted by Gasteiger charge is 2.29. The van der Waals surface area contributed by atoms with Crippen LogP contribution in [0.3, 0.4) is 0 Å². The number of aromatic nitrogens is 2. The highest BCUT2D eigenvalue weighted by Crippen LogP contribution is 2.41. The van der Waals surface area contributed by atoms with E-state index in [1.165, 1.54) is 5.56 Å². The van der Waals surface area contributed by atoms with Gasteiger partial charge in [0.1, 0.15) is 0 Å². The van der Waals surface area contributed by atoms with Gasteiger partial charge in [0.05, 0.1) is 17.9 Å². The smallest absolute Gasteiger partial charge is 0.0672 e. The number of nitrogens with zero attached hydrogens (tertiary/aromatic N) is 3. The lowest BCUT2D eigenvalue weighted by Gasteiger charge is -2.38. The highest BCUT2D eigenvalue weighted by molar-refractivity contribution is 5.64. The van der Waals surface area contributed by atoms with E-state index in [4.69, 9.17) is 0 Å². The first-order chi connectivity index (χ1) is 12.9. The Morgan fingerprint density at radius 1 is 0.808 bits per heavy atom. The summed E-state index contributed by atoms with van der Waals surface area (Å²) >= 11 is 0. The lowest BCUT2D eigenvalue weighted by molar-refractivity contribution is 0.512. The van der Waals surface area contributed by atoms with E-state index < -0.39 is 0 Å². The van der Waals surface area contributed by atoms with Crippen LogP contribution in [0, 0.1) is 5.92 Å². The molecule has 1 aliphatic carbocycles. The SMILES string of the molecule is C1=CCC(C(c2cccnc2)N(c2ccccc2)c2cccnc2)C=C1. The lowest BCUT2D eigenvalue weighted by atomic mass is 9.86. The molecule has 2 heterocycles. The van der Waals surface area contributed by atoms with Gasteiger partial charge in [0.25, 0.3) is 0 Å². The molecule has 4 rings (SSSR count). The summed E-state index contributed by atoms with van der Waals surface area (Å²) in [5.74, 6) is 0.351. The summed E-state index contributed by atoms with van der Waals surface area (Å²) in [6.45, 7) is 0. The highest BCUT2D eigenvalue weighted by atomic mass is 15.2. The molecule has 128 valence electrons. The number of benzene rings is 1. The van der Waals surface area contributed by atoms with Crippen molar-refractivity contribution in [1.29, 1.82) is 0 Å². The predicted octanol–water partition coefficient (Wildman–Crippen LogP) is 5.49. The molecule has 3 nitrogen and oxygen atoms in total. The van der Waals surface area contributed by atoms with E-state index in [1.807, 2.05) is 43.0 Å². The zero-order valence-corrected chi connectivity index (χ0v) is 14.5. The first-order valence-electron chi connectivity index (χ1n) is 8.91. The molecule has 0 N–H and O–H groups in total. The Morgan fingerprint density at radius 3 is 2.23 bits per heavy atom. The van der Waals surface area contributed by atoms with Crippen LogP contribution in [0.4, 0.5) is 11.4 Å². The monoisotopic (exact) mass is 339 g/mol. The number of allylic oxidation sites excluding steroid dienone is 3. The average Bonchev–Trinajstić information content (AvgIpc) is 2.74. The van der Waals surface area contributed by atoms with Crippen molar-refractivity contribution in [2.75, 3.05) is 4.90 Å². The van der Waals surface area contributed by atoms with E-state index in [0.29, 0.717) is 5.92 Å². The van der Waals surface area contributed by atoms with E-state index in [1.54, 1.807) is 0 Å². The van der Waals surface area contributed by atoms with E-state index in [-0.39, 0.29) is 6.04 Å². The molecule has 0 bridgehead atoms. The van der Waals surface area contributed by atoms with Gasteiger partial charge >= 0.3 is 0 Å². The number of para-hydroxylation sites is 1. The van der Waals surface area contributed by atoms with Crippen LogP contribution in [0.2, 0.25) is 0 Å². The Hall–Kier alpha value is -3.20. The molecule has 1 aliphatic rings. The molecular formula is C23H21N3. The second-order valence-electron chi connectivity index (χ2n) is 6.36. The quantitative estimate of drug-likeness (QED) is 0.615. The van der Waals surface area contributed by atoms with Crippen LogP contribution >= 0.6 is 0 Å². The van der Waals surface area contributed by atoms with Gasteiger partial charge in [0.2, 0.25) is 0 Å². The maximum atomic E-state index is 4.39. The molecule has 2 atom stereocenters. The topological polar surface area (TPSA) is 29.0 Å². The number of hydrogen-bond acceptors (Lipinski definition) is 3. The maximum Gasteiger partial charge on any atom is 0.0672 e. The summed E-state index contributed by atoms with van der Waals surface area (Å²) in [4.78, 5) is 11.1. The van der Waals surface area contributed by atoms with E-state index in [2.05, 4.69) is 75.6 Å². The maximum absolute atomic E-state index is 4.39. The van der Waals surface area contributed by atoms with Gasteiger partial charge in [0.15, 0.2) is 0 Å². The Balaban J connectivity index is 1.86. The van der Waals surface area contributed by atoms with Gasteiger partial charge < -0.3 is 4.90 Å². The molecule has 3 aromatic rings. The fourth-order valence-electron chi connectivity index (χ4n) is 3.53. The Bertz CT molecular complexity index is 834. The number of pyridine rings is 2.